The Hall–Kier alpha value is -2.90. The number of carboxylic acids is 1. The number of aryl methyl sites for hydroxylation is 1. The van der Waals surface area contributed by atoms with Gasteiger partial charge in [-0.3, -0.25) is 9.59 Å². The van der Waals surface area contributed by atoms with E-state index in [0.717, 1.165) is 0 Å². The van der Waals surface area contributed by atoms with Gasteiger partial charge in [-0.1, -0.05) is 11.2 Å². The first-order valence-corrected chi connectivity index (χ1v) is 7.52. The summed E-state index contributed by atoms with van der Waals surface area (Å²) in [5, 5.41) is 12.5. The number of carbonyl (C=O) groups is 2. The average molecular weight is 333 g/mol. The van der Waals surface area contributed by atoms with Crippen molar-refractivity contribution in [1.29, 1.82) is 0 Å². The molecular weight excluding hydrogens is 314 g/mol. The smallest absolute Gasteiger partial charge is 0.305 e. The molecule has 24 heavy (non-hydrogen) atoms. The Labute approximate surface area is 139 Å². The Balaban J connectivity index is 2.02. The summed E-state index contributed by atoms with van der Waals surface area (Å²) in [6.45, 7) is 4.22. The number of aliphatic carboxylic acids is 1. The Bertz CT molecular complexity index is 713. The van der Waals surface area contributed by atoms with Gasteiger partial charge in [-0.15, -0.1) is 0 Å². The predicted octanol–water partition coefficient (Wildman–Crippen LogP) is 1.89. The van der Waals surface area contributed by atoms with Gasteiger partial charge in [0.2, 0.25) is 11.7 Å². The van der Waals surface area contributed by atoms with Gasteiger partial charge in [-0.2, -0.15) is 4.98 Å². The number of carboxylic acid groups (broad SMARTS) is 1. The van der Waals surface area contributed by atoms with E-state index in [1.807, 2.05) is 0 Å². The molecule has 1 aromatic heterocycles. The third-order valence-corrected chi connectivity index (χ3v) is 3.28. The first-order chi connectivity index (χ1) is 11.5. The monoisotopic (exact) mass is 333 g/mol. The maximum atomic E-state index is 12.5. The molecule has 1 amide bonds. The lowest BCUT2D eigenvalue weighted by molar-refractivity contribution is -0.137. The second-order valence-electron chi connectivity index (χ2n) is 5.07. The summed E-state index contributed by atoms with van der Waals surface area (Å²) in [6.07, 6.45) is -0.0903. The number of nitrogens with zero attached hydrogens (tertiary/aromatic N) is 3. The fourth-order valence-electron chi connectivity index (χ4n) is 2.08. The van der Waals surface area contributed by atoms with E-state index in [0.29, 0.717) is 29.6 Å². The number of aromatic nitrogens is 2. The van der Waals surface area contributed by atoms with E-state index in [1.165, 1.54) is 4.90 Å². The number of hydrogen-bond donors (Lipinski definition) is 1. The summed E-state index contributed by atoms with van der Waals surface area (Å²) >= 11 is 0. The second kappa shape index (κ2) is 8.09. The average Bonchev–Trinajstić information content (AvgIpc) is 2.99. The third kappa shape index (κ3) is 4.80. The van der Waals surface area contributed by atoms with Crippen molar-refractivity contribution in [2.75, 3.05) is 13.1 Å². The highest BCUT2D eigenvalue weighted by Crippen LogP contribution is 2.16. The van der Waals surface area contributed by atoms with Crippen LogP contribution in [-0.4, -0.2) is 45.1 Å². The molecule has 0 radical (unpaired) electrons. The molecule has 0 aliphatic heterocycles. The number of carbonyl (C=O) groups excluding carboxylic acids is 1. The molecule has 0 fully saturated rings. The summed E-state index contributed by atoms with van der Waals surface area (Å²) in [4.78, 5) is 28.6. The zero-order valence-corrected chi connectivity index (χ0v) is 13.6. The molecule has 1 N–H and O–H groups in total. The maximum absolute atomic E-state index is 12.5. The van der Waals surface area contributed by atoms with Crippen LogP contribution >= 0.6 is 0 Å². The van der Waals surface area contributed by atoms with Gasteiger partial charge in [-0.25, -0.2) is 0 Å². The molecule has 0 aliphatic rings. The van der Waals surface area contributed by atoms with Crippen LogP contribution in [0.3, 0.4) is 0 Å². The van der Waals surface area contributed by atoms with Crippen molar-refractivity contribution in [3.05, 3.63) is 41.5 Å². The quantitative estimate of drug-likeness (QED) is 0.786. The summed E-state index contributed by atoms with van der Waals surface area (Å²) in [5.41, 5.74) is 0.434. The number of benzene rings is 1. The van der Waals surface area contributed by atoms with Crippen LogP contribution in [0.15, 0.2) is 28.8 Å². The van der Waals surface area contributed by atoms with Crippen molar-refractivity contribution >= 4 is 11.9 Å². The topological polar surface area (TPSA) is 106 Å². The van der Waals surface area contributed by atoms with Gasteiger partial charge in [0.05, 0.1) is 6.42 Å². The minimum atomic E-state index is -0.936. The van der Waals surface area contributed by atoms with Gasteiger partial charge < -0.3 is 19.3 Å². The van der Waals surface area contributed by atoms with Gasteiger partial charge in [0.25, 0.3) is 5.91 Å². The number of rotatable bonds is 8. The molecule has 1 aromatic carbocycles. The summed E-state index contributed by atoms with van der Waals surface area (Å²) < 4.78 is 10.4. The zero-order chi connectivity index (χ0) is 17.5. The van der Waals surface area contributed by atoms with Crippen molar-refractivity contribution in [3.8, 4) is 5.75 Å². The van der Waals surface area contributed by atoms with Crippen LogP contribution in [0.1, 0.15) is 35.4 Å². The molecule has 1 heterocycles. The van der Waals surface area contributed by atoms with Crippen molar-refractivity contribution in [3.63, 3.8) is 0 Å². The zero-order valence-electron chi connectivity index (χ0n) is 13.6. The SMILES string of the molecule is CCN(CCC(=O)O)C(=O)c1cccc(OCc2noc(C)n2)c1. The predicted molar refractivity (Wildman–Crippen MR) is 83.6 cm³/mol. The van der Waals surface area contributed by atoms with Crippen molar-refractivity contribution in [2.45, 2.75) is 26.9 Å². The van der Waals surface area contributed by atoms with E-state index in [1.54, 1.807) is 38.1 Å². The maximum Gasteiger partial charge on any atom is 0.305 e. The van der Waals surface area contributed by atoms with Gasteiger partial charge in [0.15, 0.2) is 6.61 Å². The second-order valence-corrected chi connectivity index (χ2v) is 5.07. The highest BCUT2D eigenvalue weighted by Gasteiger charge is 2.16. The fraction of sp³-hybridized carbons (Fsp3) is 0.375. The Morgan fingerprint density at radius 3 is 2.79 bits per heavy atom. The minimum absolute atomic E-state index is 0.0903. The van der Waals surface area contributed by atoms with E-state index in [4.69, 9.17) is 14.4 Å². The van der Waals surface area contributed by atoms with Crippen LogP contribution in [0.5, 0.6) is 5.75 Å². The summed E-state index contributed by atoms with van der Waals surface area (Å²) in [7, 11) is 0. The molecule has 0 bridgehead atoms. The lowest BCUT2D eigenvalue weighted by Gasteiger charge is -2.20. The minimum Gasteiger partial charge on any atom is -0.485 e. The van der Waals surface area contributed by atoms with Crippen LogP contribution in [0.2, 0.25) is 0 Å². The molecule has 0 unspecified atom stereocenters. The van der Waals surface area contributed by atoms with Gasteiger partial charge in [0, 0.05) is 25.6 Å². The number of amides is 1. The van der Waals surface area contributed by atoms with Crippen LogP contribution in [0, 0.1) is 6.92 Å². The Kier molecular flexibility index (Phi) is 5.89. The molecular formula is C16H19N3O5. The lowest BCUT2D eigenvalue weighted by Crippen LogP contribution is -2.32. The number of hydrogen-bond acceptors (Lipinski definition) is 6. The van der Waals surface area contributed by atoms with E-state index in [9.17, 15) is 9.59 Å². The van der Waals surface area contributed by atoms with E-state index < -0.39 is 5.97 Å². The molecule has 0 saturated carbocycles. The van der Waals surface area contributed by atoms with Gasteiger partial charge in [0.1, 0.15) is 5.75 Å². The molecule has 8 nitrogen and oxygen atoms in total. The van der Waals surface area contributed by atoms with Crippen LogP contribution in [0.4, 0.5) is 0 Å². The molecule has 8 heteroatoms. The highest BCUT2D eigenvalue weighted by atomic mass is 16.5. The van der Waals surface area contributed by atoms with Crippen LogP contribution < -0.4 is 4.74 Å². The Morgan fingerprint density at radius 1 is 1.38 bits per heavy atom. The largest absolute Gasteiger partial charge is 0.485 e. The molecule has 0 spiro atoms. The first kappa shape index (κ1) is 17.5. The van der Waals surface area contributed by atoms with Crippen molar-refractivity contribution in [2.24, 2.45) is 0 Å². The normalized spacial score (nSPS) is 10.4. The molecule has 0 aliphatic carbocycles. The van der Waals surface area contributed by atoms with Gasteiger partial charge in [-0.05, 0) is 25.1 Å². The molecule has 2 aromatic rings. The lowest BCUT2D eigenvalue weighted by atomic mass is 10.2. The van der Waals surface area contributed by atoms with Crippen LogP contribution in [-0.2, 0) is 11.4 Å². The first-order valence-electron chi connectivity index (χ1n) is 7.52. The summed E-state index contributed by atoms with van der Waals surface area (Å²) in [6, 6.07) is 6.70. The summed E-state index contributed by atoms with van der Waals surface area (Å²) in [5.74, 6) is 0.196. The number of ether oxygens (including phenoxy) is 1. The third-order valence-electron chi connectivity index (χ3n) is 3.28. The molecule has 0 saturated heterocycles. The molecule has 0 atom stereocenters. The van der Waals surface area contributed by atoms with Gasteiger partial charge >= 0.3 is 5.97 Å². The van der Waals surface area contributed by atoms with E-state index in [-0.39, 0.29) is 25.5 Å². The molecule has 128 valence electrons. The fourth-order valence-corrected chi connectivity index (χ4v) is 2.08. The molecule has 2 rings (SSSR count). The van der Waals surface area contributed by atoms with Crippen molar-refractivity contribution in [1.82, 2.24) is 15.0 Å². The Morgan fingerprint density at radius 2 is 2.17 bits per heavy atom. The highest BCUT2D eigenvalue weighted by molar-refractivity contribution is 5.94. The van der Waals surface area contributed by atoms with Crippen LogP contribution in [0.25, 0.3) is 0 Å². The van der Waals surface area contributed by atoms with E-state index in [2.05, 4.69) is 10.1 Å². The van der Waals surface area contributed by atoms with Crippen molar-refractivity contribution < 1.29 is 24.0 Å². The standard InChI is InChI=1S/C16H19N3O5/c1-3-19(8-7-15(20)21)16(22)12-5-4-6-13(9-12)23-10-14-17-11(2)24-18-14/h4-6,9H,3,7-8,10H2,1-2H3,(H,20,21). The van der Waals surface area contributed by atoms with E-state index >= 15 is 0 Å².